The van der Waals surface area contributed by atoms with Gasteiger partial charge in [-0.3, -0.25) is 9.69 Å². The number of allylic oxidation sites excluding steroid dienone is 1. The second kappa shape index (κ2) is 7.16. The molecule has 4 rings (SSSR count). The number of rotatable bonds is 5. The number of amides is 1. The van der Waals surface area contributed by atoms with Crippen molar-refractivity contribution in [2.75, 3.05) is 6.54 Å². The van der Waals surface area contributed by atoms with Crippen LogP contribution in [0.2, 0.25) is 0 Å². The van der Waals surface area contributed by atoms with Gasteiger partial charge in [0.05, 0.1) is 6.42 Å². The Hall–Kier alpha value is -2.88. The molecule has 1 unspecified atom stereocenters. The molecule has 2 aromatic carbocycles. The molecule has 26 heavy (non-hydrogen) atoms. The third-order valence-electron chi connectivity index (χ3n) is 4.97. The van der Waals surface area contributed by atoms with Crippen LogP contribution in [0.1, 0.15) is 30.9 Å². The van der Waals surface area contributed by atoms with E-state index in [4.69, 9.17) is 0 Å². The summed E-state index contributed by atoms with van der Waals surface area (Å²) in [5.74, 6) is 1.12. The van der Waals surface area contributed by atoms with Gasteiger partial charge in [-0.05, 0) is 24.1 Å². The molecule has 0 aliphatic carbocycles. The first-order valence-corrected chi connectivity index (χ1v) is 9.29. The number of nitrogens with zero attached hydrogens (tertiary/aromatic N) is 1. The van der Waals surface area contributed by atoms with Gasteiger partial charge in [0.15, 0.2) is 5.82 Å². The summed E-state index contributed by atoms with van der Waals surface area (Å²) in [6.07, 6.45) is 2.61. The van der Waals surface area contributed by atoms with E-state index in [2.05, 4.69) is 53.6 Å². The minimum atomic E-state index is -0.113. The molecule has 1 atom stereocenters. The average molecular weight is 346 g/mol. The molecule has 2 aliphatic heterocycles. The predicted octanol–water partition coefficient (Wildman–Crippen LogP) is 1.58. The van der Waals surface area contributed by atoms with Gasteiger partial charge in [-0.25, -0.2) is 4.99 Å². The zero-order chi connectivity index (χ0) is 17.9. The van der Waals surface area contributed by atoms with Crippen LogP contribution < -0.4 is 10.3 Å². The van der Waals surface area contributed by atoms with Crippen LogP contribution in [0.3, 0.4) is 0 Å². The molecule has 1 amide bonds. The molecular weight excluding hydrogens is 322 g/mol. The summed E-state index contributed by atoms with van der Waals surface area (Å²) in [5.41, 5.74) is 4.50. The van der Waals surface area contributed by atoms with Gasteiger partial charge >= 0.3 is 0 Å². The molecule has 0 saturated carbocycles. The van der Waals surface area contributed by atoms with Crippen molar-refractivity contribution in [3.05, 3.63) is 83.3 Å². The number of hydrogen-bond acceptors (Lipinski definition) is 2. The Balaban J connectivity index is 1.73. The lowest BCUT2D eigenvalue weighted by molar-refractivity contribution is -0.406. The maximum absolute atomic E-state index is 12.9. The summed E-state index contributed by atoms with van der Waals surface area (Å²) in [5, 5.41) is 3.47. The molecule has 0 radical (unpaired) electrons. The Morgan fingerprint density at radius 3 is 2.46 bits per heavy atom. The monoisotopic (exact) mass is 346 g/mol. The Kier molecular flexibility index (Phi) is 4.57. The number of fused-ring (bicyclic) bond motifs is 1. The first-order chi connectivity index (χ1) is 12.8. The zero-order valence-electron chi connectivity index (χ0n) is 15.0. The fourth-order valence-electron chi connectivity index (χ4n) is 3.66. The van der Waals surface area contributed by atoms with E-state index in [1.807, 2.05) is 29.2 Å². The predicted molar refractivity (Wildman–Crippen MR) is 102 cm³/mol. The van der Waals surface area contributed by atoms with Crippen LogP contribution >= 0.6 is 0 Å². The minimum absolute atomic E-state index is 0.113. The summed E-state index contributed by atoms with van der Waals surface area (Å²) in [7, 11) is 0. The van der Waals surface area contributed by atoms with E-state index in [9.17, 15) is 4.79 Å². The smallest absolute Gasteiger partial charge is 0.251 e. The molecule has 2 heterocycles. The lowest BCUT2D eigenvalue weighted by Crippen LogP contribution is -2.76. The summed E-state index contributed by atoms with van der Waals surface area (Å²) in [6.45, 7) is 2.70. The van der Waals surface area contributed by atoms with Crippen molar-refractivity contribution in [1.29, 1.82) is 0 Å². The average Bonchev–Trinajstić information content (AvgIpc) is 3.00. The van der Waals surface area contributed by atoms with E-state index in [1.165, 1.54) is 5.56 Å². The van der Waals surface area contributed by atoms with Gasteiger partial charge in [-0.1, -0.05) is 61.9 Å². The van der Waals surface area contributed by atoms with Gasteiger partial charge in [0.25, 0.3) is 5.91 Å². The summed E-state index contributed by atoms with van der Waals surface area (Å²) >= 11 is 0. The van der Waals surface area contributed by atoms with E-state index < -0.39 is 0 Å². The van der Waals surface area contributed by atoms with Crippen molar-refractivity contribution in [2.24, 2.45) is 0 Å². The third-order valence-corrected chi connectivity index (χ3v) is 4.97. The topological polar surface area (TPSA) is 46.3 Å². The highest BCUT2D eigenvalue weighted by Crippen LogP contribution is 2.22. The quantitative estimate of drug-likeness (QED) is 0.864. The molecule has 2 N–H and O–H groups in total. The fourth-order valence-corrected chi connectivity index (χ4v) is 3.66. The van der Waals surface area contributed by atoms with Gasteiger partial charge < -0.3 is 5.32 Å². The summed E-state index contributed by atoms with van der Waals surface area (Å²) in [6, 6.07) is 20.5. The van der Waals surface area contributed by atoms with E-state index >= 15 is 0 Å². The highest BCUT2D eigenvalue weighted by Gasteiger charge is 2.42. The second-order valence-electron chi connectivity index (χ2n) is 6.87. The van der Waals surface area contributed by atoms with Crippen molar-refractivity contribution in [3.63, 3.8) is 0 Å². The second-order valence-corrected chi connectivity index (χ2v) is 6.87. The molecular formula is C22H24N3O+. The van der Waals surface area contributed by atoms with Crippen LogP contribution in [0.15, 0.2) is 72.2 Å². The zero-order valence-corrected chi connectivity index (χ0v) is 15.0. The molecule has 0 spiro atoms. The molecule has 132 valence electrons. The standard InChI is InChI=1S/C22H23N3O/c1-2-9-18-22(26)25-15-20(17-12-7-4-8-13-17)23-19(21(25)24-18)14-16-10-5-3-6-11-16/h3-8,10-13,18,24H,2,9,14-15H2,1H3/p+1. The number of nitrogens with one attached hydrogen (secondary N) is 2. The van der Waals surface area contributed by atoms with Crippen molar-refractivity contribution < 1.29 is 9.79 Å². The highest BCUT2D eigenvalue weighted by molar-refractivity contribution is 6.01. The van der Waals surface area contributed by atoms with E-state index in [0.29, 0.717) is 6.54 Å². The maximum Gasteiger partial charge on any atom is 0.251 e. The Morgan fingerprint density at radius 2 is 1.77 bits per heavy atom. The van der Waals surface area contributed by atoms with Crippen molar-refractivity contribution in [2.45, 2.75) is 32.2 Å². The first kappa shape index (κ1) is 16.6. The lowest BCUT2D eigenvalue weighted by atomic mass is 10.1. The summed E-state index contributed by atoms with van der Waals surface area (Å²) < 4.78 is 0. The Bertz CT molecular complexity index is 855. The van der Waals surface area contributed by atoms with Crippen molar-refractivity contribution in [3.8, 4) is 0 Å². The van der Waals surface area contributed by atoms with Gasteiger partial charge in [-0.15, -0.1) is 0 Å². The first-order valence-electron chi connectivity index (χ1n) is 9.29. The maximum atomic E-state index is 12.9. The van der Waals surface area contributed by atoms with Gasteiger partial charge in [0.1, 0.15) is 12.6 Å². The lowest BCUT2D eigenvalue weighted by Gasteiger charge is -2.20. The van der Waals surface area contributed by atoms with Crippen LogP contribution in [0.5, 0.6) is 0 Å². The number of carbonyl (C=O) groups excluding carboxylic acids is 1. The molecule has 0 aromatic heterocycles. The van der Waals surface area contributed by atoms with Crippen LogP contribution in [0, 0.1) is 0 Å². The van der Waals surface area contributed by atoms with Gasteiger partial charge in [0.2, 0.25) is 11.4 Å². The van der Waals surface area contributed by atoms with Crippen LogP contribution in [0.25, 0.3) is 0 Å². The SMILES string of the molecule is CCCC1NC2=C(Cc3ccccc3)[NH+]=C(c3ccccc3)CN2C1=O. The number of benzene rings is 2. The molecule has 0 bridgehead atoms. The molecule has 4 nitrogen and oxygen atoms in total. The minimum Gasteiger partial charge on any atom is -0.354 e. The van der Waals surface area contributed by atoms with Crippen LogP contribution in [0.4, 0.5) is 0 Å². The number of hydrogen-bond donors (Lipinski definition) is 2. The molecule has 2 aliphatic rings. The molecule has 4 heteroatoms. The van der Waals surface area contributed by atoms with Gasteiger partial charge in [-0.2, -0.15) is 0 Å². The largest absolute Gasteiger partial charge is 0.354 e. The number of carbonyl (C=O) groups is 1. The fraction of sp³-hybridized carbons (Fsp3) is 0.273. The molecule has 2 aromatic rings. The normalized spacial score (nSPS) is 19.3. The van der Waals surface area contributed by atoms with Crippen molar-refractivity contribution in [1.82, 2.24) is 10.2 Å². The van der Waals surface area contributed by atoms with Crippen LogP contribution in [-0.2, 0) is 11.2 Å². The van der Waals surface area contributed by atoms with Gasteiger partial charge in [0, 0.05) is 5.56 Å². The van der Waals surface area contributed by atoms with E-state index in [1.54, 1.807) is 0 Å². The Morgan fingerprint density at radius 1 is 1.08 bits per heavy atom. The summed E-state index contributed by atoms with van der Waals surface area (Å²) in [4.78, 5) is 18.4. The molecule has 1 fully saturated rings. The third kappa shape index (κ3) is 3.15. The molecule has 1 saturated heterocycles. The van der Waals surface area contributed by atoms with Crippen LogP contribution in [-0.4, -0.2) is 29.1 Å². The van der Waals surface area contributed by atoms with E-state index in [0.717, 1.165) is 42.1 Å². The highest BCUT2D eigenvalue weighted by atomic mass is 16.2. The van der Waals surface area contributed by atoms with Crippen molar-refractivity contribution >= 4 is 11.6 Å². The van der Waals surface area contributed by atoms with E-state index in [-0.39, 0.29) is 11.9 Å². The Labute approximate surface area is 154 Å².